The molecule has 3 rings (SSSR count). The van der Waals surface area contributed by atoms with E-state index >= 15 is 0 Å². The topological polar surface area (TPSA) is 26.3 Å². The molecule has 2 aliphatic carbocycles. The maximum absolute atomic E-state index is 12.8. The van der Waals surface area contributed by atoms with E-state index in [0.717, 1.165) is 31.4 Å². The Morgan fingerprint density at radius 2 is 2.11 bits per heavy atom. The van der Waals surface area contributed by atoms with E-state index in [9.17, 15) is 4.79 Å². The summed E-state index contributed by atoms with van der Waals surface area (Å²) in [7, 11) is 1.69. The van der Waals surface area contributed by atoms with Crippen LogP contribution >= 0.6 is 0 Å². The van der Waals surface area contributed by atoms with E-state index in [4.69, 9.17) is 4.74 Å². The minimum absolute atomic E-state index is 0.242. The molecule has 0 spiro atoms. The number of benzene rings is 1. The van der Waals surface area contributed by atoms with Crippen molar-refractivity contribution >= 4 is 5.78 Å². The lowest BCUT2D eigenvalue weighted by Gasteiger charge is -2.40. The van der Waals surface area contributed by atoms with Crippen molar-refractivity contribution in [3.05, 3.63) is 29.3 Å². The van der Waals surface area contributed by atoms with E-state index in [2.05, 4.69) is 19.1 Å². The van der Waals surface area contributed by atoms with Gasteiger partial charge in [-0.05, 0) is 49.4 Å². The van der Waals surface area contributed by atoms with Gasteiger partial charge in [-0.1, -0.05) is 25.3 Å². The molecule has 0 saturated heterocycles. The molecule has 1 fully saturated rings. The highest BCUT2D eigenvalue weighted by Crippen LogP contribution is 2.44. The first kappa shape index (κ1) is 12.7. The average Bonchev–Trinajstić information content (AvgIpc) is 2.43. The average molecular weight is 258 g/mol. The molecule has 2 aliphatic rings. The van der Waals surface area contributed by atoms with Crippen molar-refractivity contribution in [2.24, 2.45) is 5.92 Å². The van der Waals surface area contributed by atoms with E-state index < -0.39 is 0 Å². The maximum Gasteiger partial charge on any atom is 0.146 e. The summed E-state index contributed by atoms with van der Waals surface area (Å²) in [6.45, 7) is 2.14. The molecule has 0 aromatic heterocycles. The first-order chi connectivity index (χ1) is 9.15. The van der Waals surface area contributed by atoms with Crippen LogP contribution in [0.5, 0.6) is 5.75 Å². The van der Waals surface area contributed by atoms with Gasteiger partial charge in [0.15, 0.2) is 0 Å². The lowest BCUT2D eigenvalue weighted by atomic mass is 9.62. The third-order valence-corrected chi connectivity index (χ3v) is 5.02. The van der Waals surface area contributed by atoms with Crippen LogP contribution in [-0.2, 0) is 16.6 Å². The molecule has 1 aromatic carbocycles. The Kier molecular flexibility index (Phi) is 3.12. The highest BCUT2D eigenvalue weighted by atomic mass is 16.5. The number of hydrogen-bond acceptors (Lipinski definition) is 2. The van der Waals surface area contributed by atoms with Crippen LogP contribution in [0.25, 0.3) is 0 Å². The van der Waals surface area contributed by atoms with Crippen molar-refractivity contribution in [1.82, 2.24) is 0 Å². The number of carbonyl (C=O) groups is 1. The third kappa shape index (κ3) is 1.98. The van der Waals surface area contributed by atoms with Gasteiger partial charge < -0.3 is 4.74 Å². The van der Waals surface area contributed by atoms with Gasteiger partial charge in [0.05, 0.1) is 12.5 Å². The Labute approximate surface area is 115 Å². The Bertz CT molecular complexity index is 506. The van der Waals surface area contributed by atoms with Gasteiger partial charge in [-0.2, -0.15) is 0 Å². The van der Waals surface area contributed by atoms with Crippen molar-refractivity contribution in [3.63, 3.8) is 0 Å². The molecule has 2 heteroatoms. The fourth-order valence-corrected chi connectivity index (χ4v) is 3.85. The van der Waals surface area contributed by atoms with Gasteiger partial charge >= 0.3 is 0 Å². The standard InChI is InChI=1S/C17H22O2/c1-17-9-5-3-4-6-13(16(17)18)10-12-7-8-14(19-2)11-15(12)17/h7-8,11,13H,3-6,9-10H2,1-2H3. The number of hydrogen-bond donors (Lipinski definition) is 0. The number of ether oxygens (including phenoxy) is 1. The number of ketones is 1. The van der Waals surface area contributed by atoms with Crippen LogP contribution in [0, 0.1) is 5.92 Å². The molecule has 1 saturated carbocycles. The summed E-state index contributed by atoms with van der Waals surface area (Å²) in [6.07, 6.45) is 6.61. The van der Waals surface area contributed by atoms with E-state index in [1.807, 2.05) is 6.07 Å². The second kappa shape index (κ2) is 4.66. The molecule has 0 aliphatic heterocycles. The lowest BCUT2D eigenvalue weighted by molar-refractivity contribution is -0.129. The predicted octanol–water partition coefficient (Wildman–Crippen LogP) is 3.66. The van der Waals surface area contributed by atoms with Crippen LogP contribution in [0.15, 0.2) is 18.2 Å². The second-order valence-electron chi connectivity index (χ2n) is 6.22. The van der Waals surface area contributed by atoms with Crippen LogP contribution in [0.3, 0.4) is 0 Å². The van der Waals surface area contributed by atoms with Gasteiger partial charge in [0.2, 0.25) is 0 Å². The molecule has 2 unspecified atom stereocenters. The number of carbonyl (C=O) groups excluding carboxylic acids is 1. The zero-order chi connectivity index (χ0) is 13.5. The zero-order valence-electron chi connectivity index (χ0n) is 11.9. The number of Topliss-reactive ketones (excluding diaryl/α,β-unsaturated/α-hetero) is 1. The molecule has 1 aromatic rings. The van der Waals surface area contributed by atoms with Gasteiger partial charge in [0, 0.05) is 5.92 Å². The summed E-state index contributed by atoms with van der Waals surface area (Å²) >= 11 is 0. The molecule has 2 atom stereocenters. The third-order valence-electron chi connectivity index (χ3n) is 5.02. The smallest absolute Gasteiger partial charge is 0.146 e. The highest BCUT2D eigenvalue weighted by Gasteiger charge is 2.44. The molecular weight excluding hydrogens is 236 g/mol. The predicted molar refractivity (Wildman–Crippen MR) is 75.6 cm³/mol. The molecule has 102 valence electrons. The number of methoxy groups -OCH3 is 1. The first-order valence-corrected chi connectivity index (χ1v) is 7.37. The fraction of sp³-hybridized carbons (Fsp3) is 0.588. The van der Waals surface area contributed by atoms with Crippen molar-refractivity contribution in [2.75, 3.05) is 7.11 Å². The van der Waals surface area contributed by atoms with Crippen LogP contribution in [0.2, 0.25) is 0 Å². The van der Waals surface area contributed by atoms with E-state index in [0.29, 0.717) is 5.78 Å². The largest absolute Gasteiger partial charge is 0.497 e. The van der Waals surface area contributed by atoms with Gasteiger partial charge in [0.1, 0.15) is 11.5 Å². The summed E-state index contributed by atoms with van der Waals surface area (Å²) in [6, 6.07) is 6.27. The second-order valence-corrected chi connectivity index (χ2v) is 6.22. The first-order valence-electron chi connectivity index (χ1n) is 7.37. The summed E-state index contributed by atoms with van der Waals surface area (Å²) in [4.78, 5) is 12.8. The van der Waals surface area contributed by atoms with E-state index in [-0.39, 0.29) is 11.3 Å². The van der Waals surface area contributed by atoms with Crippen LogP contribution in [-0.4, -0.2) is 12.9 Å². The summed E-state index contributed by atoms with van der Waals surface area (Å²) < 4.78 is 5.34. The maximum atomic E-state index is 12.8. The normalized spacial score (nSPS) is 30.2. The van der Waals surface area contributed by atoms with Gasteiger partial charge in [0.25, 0.3) is 0 Å². The number of fused-ring (bicyclic) bond motifs is 4. The van der Waals surface area contributed by atoms with Gasteiger partial charge in [-0.25, -0.2) is 0 Å². The highest BCUT2D eigenvalue weighted by molar-refractivity contribution is 5.94. The Hall–Kier alpha value is -1.31. The Morgan fingerprint density at radius 1 is 1.26 bits per heavy atom. The molecule has 2 nitrogen and oxygen atoms in total. The number of rotatable bonds is 1. The molecule has 2 bridgehead atoms. The minimum atomic E-state index is -0.285. The van der Waals surface area contributed by atoms with E-state index in [1.54, 1.807) is 7.11 Å². The van der Waals surface area contributed by atoms with Crippen LogP contribution in [0.1, 0.15) is 50.2 Å². The van der Waals surface area contributed by atoms with Crippen molar-refractivity contribution < 1.29 is 9.53 Å². The Morgan fingerprint density at radius 3 is 2.89 bits per heavy atom. The van der Waals surface area contributed by atoms with Crippen molar-refractivity contribution in [3.8, 4) is 5.75 Å². The van der Waals surface area contributed by atoms with E-state index in [1.165, 1.54) is 24.0 Å². The summed E-state index contributed by atoms with van der Waals surface area (Å²) in [5.74, 6) is 1.58. The monoisotopic (exact) mass is 258 g/mol. The zero-order valence-corrected chi connectivity index (χ0v) is 11.9. The molecule has 0 heterocycles. The summed E-state index contributed by atoms with van der Waals surface area (Å²) in [5, 5.41) is 0. The lowest BCUT2D eigenvalue weighted by Crippen LogP contribution is -2.43. The molecular formula is C17H22O2. The fourth-order valence-electron chi connectivity index (χ4n) is 3.85. The van der Waals surface area contributed by atoms with Crippen LogP contribution < -0.4 is 4.74 Å². The molecule has 0 radical (unpaired) electrons. The van der Waals surface area contributed by atoms with Gasteiger partial charge in [-0.3, -0.25) is 4.79 Å². The summed E-state index contributed by atoms with van der Waals surface area (Å²) in [5.41, 5.74) is 2.29. The minimum Gasteiger partial charge on any atom is -0.497 e. The SMILES string of the molecule is COc1ccc2c(c1)C1(C)CCCCCC(C2)C1=O. The Balaban J connectivity index is 2.12. The molecule has 0 N–H and O–H groups in total. The van der Waals surface area contributed by atoms with Gasteiger partial charge in [-0.15, -0.1) is 0 Å². The van der Waals surface area contributed by atoms with Crippen LogP contribution in [0.4, 0.5) is 0 Å². The van der Waals surface area contributed by atoms with Crippen molar-refractivity contribution in [2.45, 2.75) is 50.9 Å². The van der Waals surface area contributed by atoms with Crippen molar-refractivity contribution in [1.29, 1.82) is 0 Å². The molecule has 19 heavy (non-hydrogen) atoms. The quantitative estimate of drug-likeness (QED) is 0.768. The molecule has 0 amide bonds.